The van der Waals surface area contributed by atoms with E-state index in [1.165, 1.54) is 34.1 Å². The van der Waals surface area contributed by atoms with Crippen molar-refractivity contribution in [1.29, 1.82) is 0 Å². The third-order valence-corrected chi connectivity index (χ3v) is 4.92. The first-order valence-corrected chi connectivity index (χ1v) is 9.67. The number of urea groups is 1. The predicted octanol–water partition coefficient (Wildman–Crippen LogP) is 2.49. The zero-order valence-electron chi connectivity index (χ0n) is 17.2. The molecule has 0 N–H and O–H groups in total. The first-order chi connectivity index (χ1) is 13.6. The molecule has 2 heterocycles. The van der Waals surface area contributed by atoms with Gasteiger partial charge in [-0.1, -0.05) is 0 Å². The molecule has 1 aromatic rings. The molecule has 1 aromatic carbocycles. The summed E-state index contributed by atoms with van der Waals surface area (Å²) in [6, 6.07) is 4.41. The summed E-state index contributed by atoms with van der Waals surface area (Å²) in [4.78, 5) is 43.8. The molecule has 8 nitrogen and oxygen atoms in total. The van der Waals surface area contributed by atoms with Crippen LogP contribution in [0.2, 0.25) is 0 Å². The van der Waals surface area contributed by atoms with E-state index >= 15 is 0 Å². The van der Waals surface area contributed by atoms with Gasteiger partial charge in [0.25, 0.3) is 5.91 Å². The van der Waals surface area contributed by atoms with E-state index in [-0.39, 0.29) is 18.7 Å². The largest absolute Gasteiger partial charge is 0.444 e. The summed E-state index contributed by atoms with van der Waals surface area (Å²) in [5.41, 5.74) is -0.0720. The van der Waals surface area contributed by atoms with Crippen LogP contribution in [-0.2, 0) is 9.53 Å². The molecule has 2 fully saturated rings. The second kappa shape index (κ2) is 7.98. The fraction of sp³-hybridized carbons (Fsp3) is 0.550. The van der Waals surface area contributed by atoms with E-state index in [9.17, 15) is 18.8 Å². The molecule has 0 aromatic heterocycles. The lowest BCUT2D eigenvalue weighted by atomic mass is 10.2. The minimum absolute atomic E-state index is 0.155. The molecule has 9 heteroatoms. The van der Waals surface area contributed by atoms with Crippen LogP contribution in [0.1, 0.15) is 27.7 Å². The van der Waals surface area contributed by atoms with Gasteiger partial charge in [-0.3, -0.25) is 14.6 Å². The maximum Gasteiger partial charge on any atom is 0.410 e. The van der Waals surface area contributed by atoms with Crippen LogP contribution in [0.5, 0.6) is 0 Å². The van der Waals surface area contributed by atoms with E-state index in [1.54, 1.807) is 11.8 Å². The summed E-state index contributed by atoms with van der Waals surface area (Å²) in [6.07, 6.45) is -0.360. The van der Waals surface area contributed by atoms with Crippen molar-refractivity contribution in [2.24, 2.45) is 0 Å². The highest BCUT2D eigenvalue weighted by atomic mass is 19.1. The first-order valence-electron chi connectivity index (χ1n) is 9.67. The third kappa shape index (κ3) is 4.67. The number of carbonyl (C=O) groups excluding carboxylic acids is 3. The number of amides is 4. The average molecular weight is 406 g/mol. The molecule has 0 radical (unpaired) electrons. The van der Waals surface area contributed by atoms with Crippen LogP contribution in [-0.4, -0.2) is 77.2 Å². The Bertz CT molecular complexity index is 785. The molecule has 1 unspecified atom stereocenters. The van der Waals surface area contributed by atoms with E-state index in [4.69, 9.17) is 4.74 Å². The number of rotatable bonds is 3. The van der Waals surface area contributed by atoms with Crippen molar-refractivity contribution in [3.63, 3.8) is 0 Å². The van der Waals surface area contributed by atoms with Gasteiger partial charge in [0.15, 0.2) is 0 Å². The molecular formula is C20H27FN4O4. The van der Waals surface area contributed by atoms with Crippen LogP contribution in [0.4, 0.5) is 19.7 Å². The predicted molar refractivity (Wildman–Crippen MR) is 105 cm³/mol. The zero-order valence-corrected chi connectivity index (χ0v) is 17.2. The van der Waals surface area contributed by atoms with Gasteiger partial charge in [-0.15, -0.1) is 0 Å². The number of nitrogens with zero attached hydrogens (tertiary/aromatic N) is 4. The van der Waals surface area contributed by atoms with Gasteiger partial charge in [0.1, 0.15) is 17.5 Å². The Balaban J connectivity index is 1.60. The molecule has 4 amide bonds. The maximum atomic E-state index is 13.2. The van der Waals surface area contributed by atoms with Crippen LogP contribution in [0, 0.1) is 5.82 Å². The zero-order chi connectivity index (χ0) is 21.3. The van der Waals surface area contributed by atoms with Crippen molar-refractivity contribution in [1.82, 2.24) is 14.7 Å². The van der Waals surface area contributed by atoms with Gasteiger partial charge < -0.3 is 9.64 Å². The van der Waals surface area contributed by atoms with Gasteiger partial charge in [-0.25, -0.2) is 18.9 Å². The lowest BCUT2D eigenvalue weighted by molar-refractivity contribution is -0.128. The Morgan fingerprint density at radius 3 is 2.24 bits per heavy atom. The van der Waals surface area contributed by atoms with Gasteiger partial charge in [0, 0.05) is 31.9 Å². The summed E-state index contributed by atoms with van der Waals surface area (Å²) < 4.78 is 18.6. The number of piperazine rings is 1. The van der Waals surface area contributed by atoms with Gasteiger partial charge in [-0.2, -0.15) is 0 Å². The molecule has 0 spiro atoms. The highest BCUT2D eigenvalue weighted by molar-refractivity contribution is 6.14. The van der Waals surface area contributed by atoms with Crippen molar-refractivity contribution in [3.05, 3.63) is 30.1 Å². The number of carbonyl (C=O) groups is 3. The second-order valence-electron chi connectivity index (χ2n) is 8.30. The Labute approximate surface area is 169 Å². The number of halogens is 1. The van der Waals surface area contributed by atoms with Crippen molar-refractivity contribution >= 4 is 23.7 Å². The van der Waals surface area contributed by atoms with E-state index in [1.807, 2.05) is 25.7 Å². The second-order valence-corrected chi connectivity index (χ2v) is 8.30. The fourth-order valence-corrected chi connectivity index (χ4v) is 3.39. The van der Waals surface area contributed by atoms with Crippen molar-refractivity contribution in [3.8, 4) is 0 Å². The normalized spacial score (nSPS) is 21.1. The molecule has 158 valence electrons. The number of hydrogen-bond acceptors (Lipinski definition) is 5. The number of imide groups is 1. The van der Waals surface area contributed by atoms with E-state index in [2.05, 4.69) is 0 Å². The van der Waals surface area contributed by atoms with Crippen molar-refractivity contribution < 1.29 is 23.5 Å². The molecule has 29 heavy (non-hydrogen) atoms. The smallest absolute Gasteiger partial charge is 0.410 e. The number of ether oxygens (including phenoxy) is 1. The van der Waals surface area contributed by atoms with Gasteiger partial charge >= 0.3 is 12.1 Å². The van der Waals surface area contributed by atoms with Crippen LogP contribution in [0.15, 0.2) is 24.3 Å². The fourth-order valence-electron chi connectivity index (χ4n) is 3.39. The third-order valence-electron chi connectivity index (χ3n) is 4.92. The molecule has 1 atom stereocenters. The Kier molecular flexibility index (Phi) is 5.79. The van der Waals surface area contributed by atoms with Crippen LogP contribution in [0.3, 0.4) is 0 Å². The van der Waals surface area contributed by atoms with Gasteiger partial charge in [-0.05, 0) is 52.0 Å². The molecule has 3 rings (SSSR count). The Morgan fingerprint density at radius 1 is 1.10 bits per heavy atom. The molecular weight excluding hydrogens is 379 g/mol. The van der Waals surface area contributed by atoms with Crippen molar-refractivity contribution in [2.75, 3.05) is 37.7 Å². The molecule has 2 aliphatic heterocycles. The standard InChI is InChI=1S/C20H27FN4O4/c1-14-17(26)24(18(27)25(14)16-7-5-15(21)6-8-16)13-22-9-11-23(12-10-22)19(28)29-20(2,3)4/h5-8,14H,9-13H2,1-4H3. The minimum atomic E-state index is -0.656. The number of benzene rings is 1. The summed E-state index contributed by atoms with van der Waals surface area (Å²) in [7, 11) is 0. The topological polar surface area (TPSA) is 73.4 Å². The van der Waals surface area contributed by atoms with Crippen LogP contribution >= 0.6 is 0 Å². The highest BCUT2D eigenvalue weighted by Gasteiger charge is 2.44. The van der Waals surface area contributed by atoms with Gasteiger partial charge in [0.05, 0.1) is 6.67 Å². The lowest BCUT2D eigenvalue weighted by Gasteiger charge is -2.36. The SMILES string of the molecule is CC1C(=O)N(CN2CCN(C(=O)OC(C)(C)C)CC2)C(=O)N1c1ccc(F)cc1. The lowest BCUT2D eigenvalue weighted by Crippen LogP contribution is -2.53. The summed E-state index contributed by atoms with van der Waals surface area (Å²) in [5.74, 6) is -0.701. The number of hydrogen-bond donors (Lipinski definition) is 0. The van der Waals surface area contributed by atoms with E-state index in [0.29, 0.717) is 31.9 Å². The quantitative estimate of drug-likeness (QED) is 0.721. The molecule has 2 saturated heterocycles. The van der Waals surface area contributed by atoms with Crippen LogP contribution in [0.25, 0.3) is 0 Å². The Morgan fingerprint density at radius 2 is 1.69 bits per heavy atom. The number of anilines is 1. The van der Waals surface area contributed by atoms with Crippen molar-refractivity contribution in [2.45, 2.75) is 39.3 Å². The molecule has 0 saturated carbocycles. The highest BCUT2D eigenvalue weighted by Crippen LogP contribution is 2.26. The summed E-state index contributed by atoms with van der Waals surface area (Å²) >= 11 is 0. The minimum Gasteiger partial charge on any atom is -0.444 e. The maximum absolute atomic E-state index is 13.2. The van der Waals surface area contributed by atoms with Gasteiger partial charge in [0.2, 0.25) is 0 Å². The summed E-state index contributed by atoms with van der Waals surface area (Å²) in [6.45, 7) is 9.25. The monoisotopic (exact) mass is 406 g/mol. The van der Waals surface area contributed by atoms with Crippen LogP contribution < -0.4 is 4.90 Å². The molecule has 2 aliphatic rings. The summed E-state index contributed by atoms with van der Waals surface area (Å²) in [5, 5.41) is 0. The van der Waals surface area contributed by atoms with E-state index in [0.717, 1.165) is 0 Å². The molecule has 0 aliphatic carbocycles. The Hall–Kier alpha value is -2.68. The average Bonchev–Trinajstić information content (AvgIpc) is 2.85. The van der Waals surface area contributed by atoms with E-state index < -0.39 is 23.5 Å². The molecule has 0 bridgehead atoms. The first kappa shape index (κ1) is 21.0.